The first-order valence-corrected chi connectivity index (χ1v) is 8.02. The van der Waals surface area contributed by atoms with Crippen molar-refractivity contribution in [1.82, 2.24) is 14.9 Å². The third-order valence-electron chi connectivity index (χ3n) is 3.29. The molecule has 6 heteroatoms. The number of hydrogen-bond acceptors (Lipinski definition) is 4. The van der Waals surface area contributed by atoms with Crippen LogP contribution in [-0.2, 0) is 0 Å². The van der Waals surface area contributed by atoms with Crippen LogP contribution in [0.15, 0.2) is 47.6 Å². The number of fused-ring (bicyclic) bond motifs is 1. The minimum atomic E-state index is -0.174. The highest BCUT2D eigenvalue weighted by atomic mass is 32.2. The summed E-state index contributed by atoms with van der Waals surface area (Å²) in [5.41, 5.74) is 3.47. The molecule has 2 aromatic carbocycles. The maximum absolute atomic E-state index is 12.5. The maximum atomic E-state index is 12.5. The predicted octanol–water partition coefficient (Wildman–Crippen LogP) is 3.24. The Kier molecular flexibility index (Phi) is 4.11. The molecule has 0 aliphatic heterocycles. The summed E-state index contributed by atoms with van der Waals surface area (Å²) in [5.74, 6) is 1.35. The monoisotopic (exact) mass is 312 g/mol. The summed E-state index contributed by atoms with van der Waals surface area (Å²) in [6.07, 6.45) is 0. The molecule has 0 aliphatic carbocycles. The lowest BCUT2D eigenvalue weighted by molar-refractivity contribution is 0.101. The van der Waals surface area contributed by atoms with E-state index in [2.05, 4.69) is 15.6 Å². The number of carbonyl (C=O) groups is 1. The van der Waals surface area contributed by atoms with Gasteiger partial charge in [0, 0.05) is 5.56 Å². The van der Waals surface area contributed by atoms with Crippen LogP contribution in [0.5, 0.6) is 0 Å². The number of hydrogen-bond donors (Lipinski definition) is 1. The van der Waals surface area contributed by atoms with Crippen molar-refractivity contribution in [2.24, 2.45) is 0 Å². The molecule has 112 valence electrons. The largest absolute Gasteiger partial charge is 0.270 e. The van der Waals surface area contributed by atoms with Crippen LogP contribution in [-0.4, -0.2) is 26.5 Å². The number of amides is 1. The van der Waals surface area contributed by atoms with E-state index in [0.29, 0.717) is 16.5 Å². The standard InChI is InChI=1S/C16H16N4OS/c1-3-22-16-18-17-11(2)20(16)19-15(21)14-9-8-12-6-4-5-7-13(12)10-14/h4-10H,3H2,1-2H3,(H,19,21). The number of nitrogens with zero attached hydrogens (tertiary/aromatic N) is 3. The first-order valence-electron chi connectivity index (χ1n) is 7.04. The van der Waals surface area contributed by atoms with Crippen LogP contribution >= 0.6 is 11.8 Å². The van der Waals surface area contributed by atoms with E-state index < -0.39 is 0 Å². The fourth-order valence-electron chi connectivity index (χ4n) is 2.19. The van der Waals surface area contributed by atoms with E-state index >= 15 is 0 Å². The van der Waals surface area contributed by atoms with Gasteiger partial charge in [-0.05, 0) is 35.6 Å². The van der Waals surface area contributed by atoms with E-state index in [1.165, 1.54) is 11.8 Å². The molecule has 1 heterocycles. The summed E-state index contributed by atoms with van der Waals surface area (Å²) in [6, 6.07) is 13.6. The third-order valence-corrected chi connectivity index (χ3v) is 4.10. The molecule has 0 fully saturated rings. The zero-order valence-corrected chi connectivity index (χ0v) is 13.2. The van der Waals surface area contributed by atoms with Gasteiger partial charge in [0.05, 0.1) is 0 Å². The van der Waals surface area contributed by atoms with E-state index in [-0.39, 0.29) is 5.91 Å². The quantitative estimate of drug-likeness (QED) is 0.751. The van der Waals surface area contributed by atoms with Gasteiger partial charge in [-0.15, -0.1) is 10.2 Å². The molecule has 1 amide bonds. The summed E-state index contributed by atoms with van der Waals surface area (Å²) in [4.78, 5) is 12.5. The molecule has 1 aromatic heterocycles. The van der Waals surface area contributed by atoms with Gasteiger partial charge in [0.25, 0.3) is 5.91 Å². The van der Waals surface area contributed by atoms with Crippen molar-refractivity contribution in [3.63, 3.8) is 0 Å². The molecule has 22 heavy (non-hydrogen) atoms. The zero-order chi connectivity index (χ0) is 15.5. The molecule has 0 aliphatic rings. The second-order valence-electron chi connectivity index (χ2n) is 4.80. The smallest absolute Gasteiger partial charge is 0.267 e. The minimum absolute atomic E-state index is 0.174. The van der Waals surface area contributed by atoms with Crippen molar-refractivity contribution >= 4 is 28.4 Å². The fourth-order valence-corrected chi connectivity index (χ4v) is 2.85. The second kappa shape index (κ2) is 6.19. The van der Waals surface area contributed by atoms with Crippen molar-refractivity contribution in [3.05, 3.63) is 53.9 Å². The van der Waals surface area contributed by atoms with Gasteiger partial charge in [-0.1, -0.05) is 49.0 Å². The van der Waals surface area contributed by atoms with E-state index in [1.807, 2.05) is 56.3 Å². The number of nitrogens with one attached hydrogen (secondary N) is 1. The molecule has 3 rings (SSSR count). The minimum Gasteiger partial charge on any atom is -0.267 e. The molecular weight excluding hydrogens is 296 g/mol. The van der Waals surface area contributed by atoms with Crippen molar-refractivity contribution in [2.75, 3.05) is 11.2 Å². The molecule has 0 spiro atoms. The highest BCUT2D eigenvalue weighted by Crippen LogP contribution is 2.17. The lowest BCUT2D eigenvalue weighted by atomic mass is 10.1. The molecule has 0 saturated heterocycles. The maximum Gasteiger partial charge on any atom is 0.270 e. The topological polar surface area (TPSA) is 59.8 Å². The number of rotatable bonds is 4. The Labute approximate surface area is 132 Å². The molecule has 0 unspecified atom stereocenters. The van der Waals surface area contributed by atoms with Gasteiger partial charge in [0.1, 0.15) is 5.82 Å². The van der Waals surface area contributed by atoms with Crippen LogP contribution < -0.4 is 5.43 Å². The van der Waals surface area contributed by atoms with Crippen LogP contribution in [0.4, 0.5) is 0 Å². The Balaban J connectivity index is 1.88. The zero-order valence-electron chi connectivity index (χ0n) is 12.4. The van der Waals surface area contributed by atoms with E-state index in [9.17, 15) is 4.79 Å². The van der Waals surface area contributed by atoms with Crippen molar-refractivity contribution in [2.45, 2.75) is 19.0 Å². The lowest BCUT2D eigenvalue weighted by Crippen LogP contribution is -2.24. The first kappa shape index (κ1) is 14.6. The SMILES string of the molecule is CCSc1nnc(C)n1NC(=O)c1ccc2ccccc2c1. The number of carbonyl (C=O) groups excluding carboxylic acids is 1. The highest BCUT2D eigenvalue weighted by Gasteiger charge is 2.13. The average Bonchev–Trinajstić information content (AvgIpc) is 2.88. The number of aromatic nitrogens is 3. The normalized spacial score (nSPS) is 10.8. The van der Waals surface area contributed by atoms with Crippen LogP contribution in [0, 0.1) is 6.92 Å². The average molecular weight is 312 g/mol. The van der Waals surface area contributed by atoms with Crippen molar-refractivity contribution < 1.29 is 4.79 Å². The molecule has 3 aromatic rings. The van der Waals surface area contributed by atoms with Crippen molar-refractivity contribution in [1.29, 1.82) is 0 Å². The van der Waals surface area contributed by atoms with Crippen LogP contribution in [0.3, 0.4) is 0 Å². The summed E-state index contributed by atoms with van der Waals surface area (Å²) in [7, 11) is 0. The predicted molar refractivity (Wildman–Crippen MR) is 88.8 cm³/mol. The molecule has 0 atom stereocenters. The molecule has 0 saturated carbocycles. The van der Waals surface area contributed by atoms with E-state index in [1.54, 1.807) is 4.68 Å². The Morgan fingerprint density at radius 2 is 1.95 bits per heavy atom. The molecule has 0 bridgehead atoms. The highest BCUT2D eigenvalue weighted by molar-refractivity contribution is 7.99. The number of aryl methyl sites for hydroxylation is 1. The number of benzene rings is 2. The van der Waals surface area contributed by atoms with Crippen LogP contribution in [0.2, 0.25) is 0 Å². The fraction of sp³-hybridized carbons (Fsp3) is 0.188. The van der Waals surface area contributed by atoms with E-state index in [0.717, 1.165) is 16.5 Å². The second-order valence-corrected chi connectivity index (χ2v) is 6.03. The van der Waals surface area contributed by atoms with Gasteiger partial charge in [0.2, 0.25) is 5.16 Å². The van der Waals surface area contributed by atoms with Crippen LogP contribution in [0.25, 0.3) is 10.8 Å². The summed E-state index contributed by atoms with van der Waals surface area (Å²) in [5, 5.41) is 10.9. The van der Waals surface area contributed by atoms with Gasteiger partial charge in [0.15, 0.2) is 0 Å². The molecule has 0 radical (unpaired) electrons. The molecule has 5 nitrogen and oxygen atoms in total. The lowest BCUT2D eigenvalue weighted by Gasteiger charge is -2.10. The Hall–Kier alpha value is -2.34. The third kappa shape index (κ3) is 2.82. The number of thioether (sulfide) groups is 1. The van der Waals surface area contributed by atoms with Gasteiger partial charge < -0.3 is 0 Å². The summed E-state index contributed by atoms with van der Waals surface area (Å²) < 4.78 is 1.63. The Bertz CT molecular complexity index is 828. The van der Waals surface area contributed by atoms with Gasteiger partial charge in [-0.2, -0.15) is 0 Å². The molecule has 1 N–H and O–H groups in total. The van der Waals surface area contributed by atoms with Crippen LogP contribution in [0.1, 0.15) is 23.1 Å². The molecular formula is C16H16N4OS. The Morgan fingerprint density at radius 1 is 1.18 bits per heavy atom. The van der Waals surface area contributed by atoms with Gasteiger partial charge >= 0.3 is 0 Å². The first-order chi connectivity index (χ1) is 10.7. The Morgan fingerprint density at radius 3 is 2.73 bits per heavy atom. The summed E-state index contributed by atoms with van der Waals surface area (Å²) in [6.45, 7) is 3.84. The van der Waals surface area contributed by atoms with Gasteiger partial charge in [-0.25, -0.2) is 4.68 Å². The van der Waals surface area contributed by atoms with Gasteiger partial charge in [-0.3, -0.25) is 10.2 Å². The van der Waals surface area contributed by atoms with Crippen molar-refractivity contribution in [3.8, 4) is 0 Å². The summed E-state index contributed by atoms with van der Waals surface area (Å²) >= 11 is 1.54. The van der Waals surface area contributed by atoms with E-state index in [4.69, 9.17) is 0 Å².